The third-order valence-corrected chi connectivity index (χ3v) is 3.35. The second-order valence-electron chi connectivity index (χ2n) is 4.91. The van der Waals surface area contributed by atoms with Gasteiger partial charge in [0.15, 0.2) is 12.4 Å². The van der Waals surface area contributed by atoms with Crippen molar-refractivity contribution in [3.63, 3.8) is 0 Å². The highest BCUT2D eigenvalue weighted by Gasteiger charge is 2.19. The summed E-state index contributed by atoms with van der Waals surface area (Å²) in [5.74, 6) is 0.742. The summed E-state index contributed by atoms with van der Waals surface area (Å²) in [6, 6.07) is 5.13. The topological polar surface area (TPSA) is 121 Å². The zero-order valence-electron chi connectivity index (χ0n) is 13.9. The predicted molar refractivity (Wildman–Crippen MR) is 88.9 cm³/mol. The third kappa shape index (κ3) is 4.31. The van der Waals surface area contributed by atoms with E-state index in [0.29, 0.717) is 22.9 Å². The van der Waals surface area contributed by atoms with Crippen molar-refractivity contribution in [1.82, 2.24) is 15.0 Å². The minimum atomic E-state index is -0.600. The van der Waals surface area contributed by atoms with E-state index >= 15 is 0 Å². The molecule has 2 rings (SSSR count). The van der Waals surface area contributed by atoms with Gasteiger partial charge in [0.25, 0.3) is 5.91 Å². The van der Waals surface area contributed by atoms with Crippen LogP contribution in [0, 0.1) is 17.0 Å². The van der Waals surface area contributed by atoms with Gasteiger partial charge in [-0.2, -0.15) is 5.10 Å². The van der Waals surface area contributed by atoms with Gasteiger partial charge in [0.1, 0.15) is 17.7 Å². The number of methoxy groups -OCH3 is 2. The summed E-state index contributed by atoms with van der Waals surface area (Å²) in [7, 11) is 3.05. The highest BCUT2D eigenvalue weighted by molar-refractivity contribution is 5.85. The standard InChI is InChI=1S/C15H17N5O5/c1-10-16-8-15(20(22)23)19(10)9-14(21)18-17-7-11-6-12(24-2)4-5-13(11)25-3/h4-8H,9H2,1-3H3,(H,18,21)/b17-7+. The minimum Gasteiger partial charge on any atom is -0.497 e. The number of carbonyl (C=O) groups excluding carboxylic acids is 1. The molecule has 132 valence electrons. The van der Waals surface area contributed by atoms with Crippen molar-refractivity contribution in [2.75, 3.05) is 14.2 Å². The maximum absolute atomic E-state index is 12.0. The Balaban J connectivity index is 2.07. The van der Waals surface area contributed by atoms with Crippen molar-refractivity contribution in [2.24, 2.45) is 5.10 Å². The number of hydrogen-bond acceptors (Lipinski definition) is 7. The molecule has 0 unspecified atom stereocenters. The third-order valence-electron chi connectivity index (χ3n) is 3.35. The smallest absolute Gasteiger partial charge is 0.343 e. The van der Waals surface area contributed by atoms with Crippen LogP contribution in [0.5, 0.6) is 11.5 Å². The van der Waals surface area contributed by atoms with E-state index in [4.69, 9.17) is 9.47 Å². The first kappa shape index (κ1) is 17.9. The van der Waals surface area contributed by atoms with Gasteiger partial charge >= 0.3 is 5.82 Å². The molecule has 1 aromatic carbocycles. The van der Waals surface area contributed by atoms with E-state index in [9.17, 15) is 14.9 Å². The number of aromatic nitrogens is 2. The fourth-order valence-electron chi connectivity index (χ4n) is 2.09. The van der Waals surface area contributed by atoms with Crippen LogP contribution in [0.4, 0.5) is 5.82 Å². The number of nitrogens with one attached hydrogen (secondary N) is 1. The van der Waals surface area contributed by atoms with E-state index in [1.807, 2.05) is 0 Å². The predicted octanol–water partition coefficient (Wildman–Crippen LogP) is 1.27. The molecule has 0 radical (unpaired) electrons. The highest BCUT2D eigenvalue weighted by atomic mass is 16.6. The molecule has 2 aromatic rings. The number of carbonyl (C=O) groups is 1. The maximum Gasteiger partial charge on any atom is 0.343 e. The number of hydrazone groups is 1. The molecular formula is C15H17N5O5. The lowest BCUT2D eigenvalue weighted by Crippen LogP contribution is -2.24. The van der Waals surface area contributed by atoms with Crippen LogP contribution >= 0.6 is 0 Å². The van der Waals surface area contributed by atoms with Crippen LogP contribution < -0.4 is 14.9 Å². The number of rotatable bonds is 7. The number of imidazole rings is 1. The van der Waals surface area contributed by atoms with Gasteiger partial charge in [0, 0.05) is 12.5 Å². The SMILES string of the molecule is COc1ccc(OC)c(/C=N/NC(=O)Cn2c([N+](=O)[O-])cnc2C)c1. The summed E-state index contributed by atoms with van der Waals surface area (Å²) in [6.07, 6.45) is 2.50. The molecule has 10 heteroatoms. The van der Waals surface area contributed by atoms with Gasteiger partial charge in [0.2, 0.25) is 0 Å². The van der Waals surface area contributed by atoms with Crippen molar-refractivity contribution < 1.29 is 19.2 Å². The summed E-state index contributed by atoms with van der Waals surface area (Å²) in [5, 5.41) is 14.8. The normalized spacial score (nSPS) is 10.7. The molecule has 0 saturated carbocycles. The summed E-state index contributed by atoms with van der Waals surface area (Å²) >= 11 is 0. The number of nitrogens with zero attached hydrogens (tertiary/aromatic N) is 4. The Morgan fingerprint density at radius 1 is 1.44 bits per heavy atom. The van der Waals surface area contributed by atoms with Gasteiger partial charge in [-0.05, 0) is 23.1 Å². The Morgan fingerprint density at radius 2 is 2.20 bits per heavy atom. The molecule has 0 fully saturated rings. The molecule has 1 aromatic heterocycles. The van der Waals surface area contributed by atoms with E-state index in [2.05, 4.69) is 15.5 Å². The number of amides is 1. The largest absolute Gasteiger partial charge is 0.497 e. The Morgan fingerprint density at radius 3 is 2.84 bits per heavy atom. The molecule has 0 bridgehead atoms. The first-order valence-corrected chi connectivity index (χ1v) is 7.16. The fraction of sp³-hybridized carbons (Fsp3) is 0.267. The molecular weight excluding hydrogens is 330 g/mol. The average Bonchev–Trinajstić information content (AvgIpc) is 2.95. The molecule has 0 saturated heterocycles. The molecule has 1 amide bonds. The Hall–Kier alpha value is -3.43. The highest BCUT2D eigenvalue weighted by Crippen LogP contribution is 2.22. The summed E-state index contributed by atoms with van der Waals surface area (Å²) in [5.41, 5.74) is 2.92. The van der Waals surface area contributed by atoms with Crippen LogP contribution in [-0.2, 0) is 11.3 Å². The van der Waals surface area contributed by atoms with E-state index in [-0.39, 0.29) is 12.4 Å². The van der Waals surface area contributed by atoms with Crippen molar-refractivity contribution in [3.8, 4) is 11.5 Å². The van der Waals surface area contributed by atoms with Gasteiger partial charge in [-0.3, -0.25) is 4.79 Å². The Kier molecular flexibility index (Phi) is 5.66. The van der Waals surface area contributed by atoms with Crippen LogP contribution in [0.25, 0.3) is 0 Å². The van der Waals surface area contributed by atoms with Crippen LogP contribution in [-0.4, -0.2) is 40.8 Å². The van der Waals surface area contributed by atoms with Crippen molar-refractivity contribution in [1.29, 1.82) is 0 Å². The van der Waals surface area contributed by atoms with Gasteiger partial charge in [0.05, 0.1) is 20.4 Å². The van der Waals surface area contributed by atoms with Gasteiger partial charge < -0.3 is 19.6 Å². The van der Waals surface area contributed by atoms with Gasteiger partial charge in [-0.15, -0.1) is 0 Å². The molecule has 0 aliphatic heterocycles. The molecule has 0 spiro atoms. The summed E-state index contributed by atoms with van der Waals surface area (Å²) in [4.78, 5) is 26.1. The lowest BCUT2D eigenvalue weighted by atomic mass is 10.2. The summed E-state index contributed by atoms with van der Waals surface area (Å²) in [6.45, 7) is 1.30. The molecule has 0 atom stereocenters. The van der Waals surface area contributed by atoms with E-state index < -0.39 is 10.8 Å². The Bertz CT molecular complexity index is 815. The average molecular weight is 347 g/mol. The second-order valence-corrected chi connectivity index (χ2v) is 4.91. The maximum atomic E-state index is 12.0. The monoisotopic (exact) mass is 347 g/mol. The van der Waals surface area contributed by atoms with E-state index in [0.717, 1.165) is 6.20 Å². The number of aryl methyl sites for hydroxylation is 1. The molecule has 0 aliphatic carbocycles. The van der Waals surface area contributed by atoms with Crippen LogP contribution in [0.15, 0.2) is 29.5 Å². The number of ether oxygens (including phenoxy) is 2. The Labute approximate surface area is 143 Å². The quantitative estimate of drug-likeness (QED) is 0.457. The zero-order chi connectivity index (χ0) is 18.4. The van der Waals surface area contributed by atoms with E-state index in [1.165, 1.54) is 25.0 Å². The molecule has 1 N–H and O–H groups in total. The zero-order valence-corrected chi connectivity index (χ0v) is 13.9. The van der Waals surface area contributed by atoms with E-state index in [1.54, 1.807) is 25.1 Å². The van der Waals surface area contributed by atoms with Gasteiger partial charge in [-0.25, -0.2) is 15.0 Å². The number of benzene rings is 1. The number of hydrogen-bond donors (Lipinski definition) is 1. The van der Waals surface area contributed by atoms with Crippen LogP contribution in [0.3, 0.4) is 0 Å². The van der Waals surface area contributed by atoms with Crippen molar-refractivity contribution in [3.05, 3.63) is 45.9 Å². The first-order valence-electron chi connectivity index (χ1n) is 7.16. The molecule has 25 heavy (non-hydrogen) atoms. The first-order chi connectivity index (χ1) is 12.0. The molecule has 1 heterocycles. The number of nitro groups is 1. The van der Waals surface area contributed by atoms with Crippen LogP contribution in [0.2, 0.25) is 0 Å². The van der Waals surface area contributed by atoms with Crippen molar-refractivity contribution >= 4 is 17.9 Å². The van der Waals surface area contributed by atoms with Crippen LogP contribution in [0.1, 0.15) is 11.4 Å². The van der Waals surface area contributed by atoms with Gasteiger partial charge in [-0.1, -0.05) is 0 Å². The van der Waals surface area contributed by atoms with Crippen molar-refractivity contribution in [2.45, 2.75) is 13.5 Å². The lowest BCUT2D eigenvalue weighted by molar-refractivity contribution is -0.392. The minimum absolute atomic E-state index is 0.258. The molecule has 10 nitrogen and oxygen atoms in total. The fourth-order valence-corrected chi connectivity index (χ4v) is 2.09. The second kappa shape index (κ2) is 7.90. The lowest BCUT2D eigenvalue weighted by Gasteiger charge is -2.06. The molecule has 0 aliphatic rings. The summed E-state index contributed by atoms with van der Waals surface area (Å²) < 4.78 is 11.5.